The van der Waals surface area contributed by atoms with E-state index in [0.717, 1.165) is 23.5 Å². The quantitative estimate of drug-likeness (QED) is 0.179. The van der Waals surface area contributed by atoms with Gasteiger partial charge in [0.25, 0.3) is 0 Å². The van der Waals surface area contributed by atoms with Crippen molar-refractivity contribution in [1.29, 1.82) is 5.26 Å². The minimum atomic E-state index is -0.200. The van der Waals surface area contributed by atoms with Gasteiger partial charge in [0.15, 0.2) is 5.78 Å². The second-order valence-electron chi connectivity index (χ2n) is 9.61. The molecule has 0 saturated carbocycles. The van der Waals surface area contributed by atoms with E-state index in [1.165, 1.54) is 6.07 Å². The number of ketones is 1. The number of benzene rings is 4. The first-order chi connectivity index (χ1) is 19.5. The molecule has 5 heteroatoms. The highest BCUT2D eigenvalue weighted by Crippen LogP contribution is 2.22. The first-order valence-corrected chi connectivity index (χ1v) is 13.6. The van der Waals surface area contributed by atoms with Gasteiger partial charge in [0, 0.05) is 42.1 Å². The smallest absolute Gasteiger partial charge is 0.193 e. The lowest BCUT2D eigenvalue weighted by Gasteiger charge is -2.32. The molecule has 0 aromatic heterocycles. The number of hydrogen-bond acceptors (Lipinski definition) is 4. The average Bonchev–Trinajstić information content (AvgIpc) is 3.01. The van der Waals surface area contributed by atoms with E-state index in [1.807, 2.05) is 97.9 Å². The van der Waals surface area contributed by atoms with E-state index in [2.05, 4.69) is 28.9 Å². The van der Waals surface area contributed by atoms with E-state index in [0.29, 0.717) is 48.3 Å². The maximum atomic E-state index is 14.5. The molecule has 0 unspecified atom stereocenters. The third-order valence-electron chi connectivity index (χ3n) is 7.07. The number of halogens is 1. The first kappa shape index (κ1) is 28.3. The fourth-order valence-corrected chi connectivity index (χ4v) is 4.73. The summed E-state index contributed by atoms with van der Waals surface area (Å²) in [4.78, 5) is 17.5. The molecule has 0 aliphatic heterocycles. The zero-order valence-electron chi connectivity index (χ0n) is 23.1. The topological polar surface area (TPSA) is 47.3 Å². The maximum absolute atomic E-state index is 14.5. The highest BCUT2D eigenvalue weighted by Gasteiger charge is 2.16. The fraction of sp³-hybridized carbons (Fsp3) is 0.200. The average molecular weight is 532 g/mol. The number of rotatable bonds is 12. The molecule has 0 atom stereocenters. The van der Waals surface area contributed by atoms with Crippen LogP contribution in [-0.4, -0.2) is 30.3 Å². The molecule has 202 valence electrons. The van der Waals surface area contributed by atoms with E-state index in [4.69, 9.17) is 5.26 Å². The van der Waals surface area contributed by atoms with Gasteiger partial charge in [-0.2, -0.15) is 5.26 Å². The monoisotopic (exact) mass is 531 g/mol. The Bertz CT molecular complexity index is 1470. The predicted molar refractivity (Wildman–Crippen MR) is 160 cm³/mol. The number of nitriles is 1. The predicted octanol–water partition coefficient (Wildman–Crippen LogP) is 7.40. The Morgan fingerprint density at radius 2 is 1.52 bits per heavy atom. The van der Waals surface area contributed by atoms with Crippen molar-refractivity contribution in [3.8, 4) is 6.07 Å². The Morgan fingerprint density at radius 3 is 2.15 bits per heavy atom. The summed E-state index contributed by atoms with van der Waals surface area (Å²) in [5.41, 5.74) is 5.85. The van der Waals surface area contributed by atoms with E-state index >= 15 is 0 Å². The van der Waals surface area contributed by atoms with Crippen LogP contribution in [0.5, 0.6) is 0 Å². The molecule has 0 radical (unpaired) electrons. The number of anilines is 1. The van der Waals surface area contributed by atoms with Gasteiger partial charge in [0.2, 0.25) is 0 Å². The summed E-state index contributed by atoms with van der Waals surface area (Å²) >= 11 is 0. The molecule has 0 heterocycles. The molecular formula is C35H34FN3O. The van der Waals surface area contributed by atoms with E-state index in [9.17, 15) is 9.18 Å². The largest absolute Gasteiger partial charge is 0.370 e. The second-order valence-corrected chi connectivity index (χ2v) is 9.61. The molecule has 4 rings (SSSR count). The molecule has 0 saturated heterocycles. The van der Waals surface area contributed by atoms with Crippen molar-refractivity contribution in [1.82, 2.24) is 4.90 Å². The molecule has 40 heavy (non-hydrogen) atoms. The normalized spacial score (nSPS) is 11.1. The molecule has 0 bridgehead atoms. The van der Waals surface area contributed by atoms with Crippen molar-refractivity contribution in [3.05, 3.63) is 149 Å². The SMILES string of the molecule is C/C=C(/CN(CCc1ccccc1F)c1ccc(C(=O)c2ccccc2)cc1)N(CC)Cc1ccc(C#N)cc1. The van der Waals surface area contributed by atoms with E-state index in [1.54, 1.807) is 6.07 Å². The molecule has 0 amide bonds. The summed E-state index contributed by atoms with van der Waals surface area (Å²) in [6.07, 6.45) is 2.67. The maximum Gasteiger partial charge on any atom is 0.193 e. The van der Waals surface area contributed by atoms with Crippen molar-refractivity contribution in [2.75, 3.05) is 24.5 Å². The molecule has 4 nitrogen and oxygen atoms in total. The zero-order chi connectivity index (χ0) is 28.3. The zero-order valence-corrected chi connectivity index (χ0v) is 23.1. The van der Waals surface area contributed by atoms with Crippen LogP contribution in [0.15, 0.2) is 115 Å². The van der Waals surface area contributed by atoms with Crippen LogP contribution >= 0.6 is 0 Å². The second kappa shape index (κ2) is 13.9. The molecule has 0 aliphatic carbocycles. The molecule has 0 N–H and O–H groups in total. The molecule has 0 spiro atoms. The minimum Gasteiger partial charge on any atom is -0.370 e. The van der Waals surface area contributed by atoms with Crippen LogP contribution in [0.25, 0.3) is 0 Å². The highest BCUT2D eigenvalue weighted by atomic mass is 19.1. The Morgan fingerprint density at radius 1 is 0.875 bits per heavy atom. The van der Waals surface area contributed by atoms with Gasteiger partial charge in [-0.05, 0) is 73.9 Å². The van der Waals surface area contributed by atoms with Crippen LogP contribution in [0.4, 0.5) is 10.1 Å². The van der Waals surface area contributed by atoms with Gasteiger partial charge in [0.1, 0.15) is 5.82 Å². The third-order valence-corrected chi connectivity index (χ3v) is 7.07. The summed E-state index contributed by atoms with van der Waals surface area (Å²) in [6, 6.07) is 33.7. The van der Waals surface area contributed by atoms with Gasteiger partial charge in [0.05, 0.1) is 18.2 Å². The fourth-order valence-electron chi connectivity index (χ4n) is 4.73. The molecule has 4 aromatic rings. The molecular weight excluding hydrogens is 497 g/mol. The van der Waals surface area contributed by atoms with Crippen LogP contribution < -0.4 is 4.90 Å². The number of likely N-dealkylation sites (N-methyl/N-ethyl adjacent to an activating group) is 1. The number of carbonyl (C=O) groups is 1. The third kappa shape index (κ3) is 7.24. The lowest BCUT2D eigenvalue weighted by Crippen LogP contribution is -2.34. The van der Waals surface area contributed by atoms with Crippen molar-refractivity contribution in [2.45, 2.75) is 26.8 Å². The number of allylic oxidation sites excluding steroid dienone is 1. The number of carbonyl (C=O) groups excluding carboxylic acids is 1. The van der Waals surface area contributed by atoms with Gasteiger partial charge in [-0.1, -0.05) is 66.7 Å². The lowest BCUT2D eigenvalue weighted by molar-refractivity contribution is 0.103. The summed E-state index contributed by atoms with van der Waals surface area (Å²) < 4.78 is 14.5. The van der Waals surface area contributed by atoms with Crippen LogP contribution in [0.3, 0.4) is 0 Å². The minimum absolute atomic E-state index is 0.0150. The Labute approximate surface area is 236 Å². The highest BCUT2D eigenvalue weighted by molar-refractivity contribution is 6.09. The summed E-state index contributed by atoms with van der Waals surface area (Å²) in [5.74, 6) is -0.215. The van der Waals surface area contributed by atoms with Crippen molar-refractivity contribution in [2.24, 2.45) is 0 Å². The lowest BCUT2D eigenvalue weighted by atomic mass is 10.0. The molecule has 0 aliphatic rings. The Balaban J connectivity index is 1.57. The standard InChI is InChI=1S/C35H34FN3O/c1-3-32(38(4-2)25-28-16-14-27(24-37)15-17-28)26-39(23-22-29-10-8-9-13-34(29)36)33-20-18-31(19-21-33)35(40)30-11-6-5-7-12-30/h3,5-21H,4,22-23,25-26H2,1-2H3/b32-3-. The number of nitrogens with zero attached hydrogens (tertiary/aromatic N) is 3. The van der Waals surface area contributed by atoms with Crippen LogP contribution in [0.2, 0.25) is 0 Å². The Kier molecular flexibility index (Phi) is 9.85. The van der Waals surface area contributed by atoms with E-state index in [-0.39, 0.29) is 11.6 Å². The number of hydrogen-bond donors (Lipinski definition) is 0. The molecule has 0 fully saturated rings. The van der Waals surface area contributed by atoms with Crippen LogP contribution in [0.1, 0.15) is 46.5 Å². The van der Waals surface area contributed by atoms with Crippen molar-refractivity contribution >= 4 is 11.5 Å². The van der Waals surface area contributed by atoms with Gasteiger partial charge in [-0.3, -0.25) is 4.79 Å². The summed E-state index contributed by atoms with van der Waals surface area (Å²) in [7, 11) is 0. The van der Waals surface area contributed by atoms with Gasteiger partial charge >= 0.3 is 0 Å². The Hall–Kier alpha value is -4.69. The van der Waals surface area contributed by atoms with Crippen LogP contribution in [-0.2, 0) is 13.0 Å². The van der Waals surface area contributed by atoms with E-state index < -0.39 is 0 Å². The molecule has 4 aromatic carbocycles. The van der Waals surface area contributed by atoms with Gasteiger partial charge < -0.3 is 9.80 Å². The van der Waals surface area contributed by atoms with Crippen LogP contribution in [0, 0.1) is 17.1 Å². The van der Waals surface area contributed by atoms with Crippen molar-refractivity contribution < 1.29 is 9.18 Å². The summed E-state index contributed by atoms with van der Waals surface area (Å²) in [6.45, 7) is 6.92. The van der Waals surface area contributed by atoms with Gasteiger partial charge in [-0.25, -0.2) is 4.39 Å². The van der Waals surface area contributed by atoms with Crippen molar-refractivity contribution in [3.63, 3.8) is 0 Å². The first-order valence-electron chi connectivity index (χ1n) is 13.6. The van der Waals surface area contributed by atoms with Gasteiger partial charge in [-0.15, -0.1) is 0 Å². The summed E-state index contributed by atoms with van der Waals surface area (Å²) in [5, 5.41) is 9.13.